The molecule has 0 aliphatic rings. The van der Waals surface area contributed by atoms with Crippen LogP contribution in [0.1, 0.15) is 18.9 Å². The first-order valence-electron chi connectivity index (χ1n) is 8.46. The van der Waals surface area contributed by atoms with Crippen LogP contribution in [0.25, 0.3) is 0 Å². The second-order valence-corrected chi connectivity index (χ2v) is 5.45. The monoisotopic (exact) mass is 343 g/mol. The third-order valence-corrected chi connectivity index (χ3v) is 3.63. The zero-order valence-electron chi connectivity index (χ0n) is 14.8. The van der Waals surface area contributed by atoms with E-state index in [0.29, 0.717) is 32.6 Å². The summed E-state index contributed by atoms with van der Waals surface area (Å²) in [5.41, 5.74) is 1.11. The molecule has 2 aromatic carbocycles. The van der Waals surface area contributed by atoms with Gasteiger partial charge in [0.25, 0.3) is 0 Å². The van der Waals surface area contributed by atoms with Crippen molar-refractivity contribution in [2.45, 2.75) is 19.8 Å². The zero-order chi connectivity index (χ0) is 17.9. The summed E-state index contributed by atoms with van der Waals surface area (Å²) in [6, 6.07) is 15.2. The Kier molecular flexibility index (Phi) is 7.63. The van der Waals surface area contributed by atoms with Crippen LogP contribution in [0.3, 0.4) is 0 Å². The van der Waals surface area contributed by atoms with Crippen LogP contribution < -0.4 is 19.5 Å². The maximum absolute atomic E-state index is 11.9. The van der Waals surface area contributed by atoms with E-state index in [-0.39, 0.29) is 5.91 Å². The minimum Gasteiger partial charge on any atom is -0.497 e. The van der Waals surface area contributed by atoms with Gasteiger partial charge in [0.1, 0.15) is 23.9 Å². The average molecular weight is 343 g/mol. The van der Waals surface area contributed by atoms with Gasteiger partial charge in [-0.25, -0.2) is 0 Å². The molecule has 0 spiro atoms. The van der Waals surface area contributed by atoms with Gasteiger partial charge in [-0.3, -0.25) is 4.79 Å². The van der Waals surface area contributed by atoms with Crippen molar-refractivity contribution in [1.29, 1.82) is 0 Å². The number of hydrogen-bond acceptors (Lipinski definition) is 4. The first-order valence-corrected chi connectivity index (χ1v) is 8.46. The van der Waals surface area contributed by atoms with Gasteiger partial charge in [0.05, 0.1) is 20.3 Å². The van der Waals surface area contributed by atoms with Crippen molar-refractivity contribution in [2.24, 2.45) is 0 Å². The fraction of sp³-hybridized carbons (Fsp3) is 0.350. The Hall–Kier alpha value is -2.69. The fourth-order valence-electron chi connectivity index (χ4n) is 2.30. The summed E-state index contributed by atoms with van der Waals surface area (Å²) < 4.78 is 16.1. The molecule has 1 amide bonds. The van der Waals surface area contributed by atoms with Crippen LogP contribution in [0.15, 0.2) is 48.5 Å². The van der Waals surface area contributed by atoms with Crippen molar-refractivity contribution in [2.75, 3.05) is 26.9 Å². The van der Waals surface area contributed by atoms with Gasteiger partial charge in [-0.15, -0.1) is 0 Å². The summed E-state index contributed by atoms with van der Waals surface area (Å²) in [4.78, 5) is 11.9. The number of methoxy groups -OCH3 is 1. The Morgan fingerprint density at radius 2 is 1.52 bits per heavy atom. The Labute approximate surface area is 148 Å². The SMILES string of the molecule is CCOc1ccc(OCCNC(=O)CCc2ccc(OC)cc2)cc1. The molecule has 0 atom stereocenters. The van der Waals surface area contributed by atoms with E-state index in [4.69, 9.17) is 14.2 Å². The molecule has 0 saturated carbocycles. The van der Waals surface area contributed by atoms with E-state index in [1.807, 2.05) is 55.5 Å². The summed E-state index contributed by atoms with van der Waals surface area (Å²) in [5, 5.41) is 2.86. The van der Waals surface area contributed by atoms with Crippen molar-refractivity contribution in [1.82, 2.24) is 5.32 Å². The summed E-state index contributed by atoms with van der Waals surface area (Å²) in [6.07, 6.45) is 1.16. The molecule has 0 aliphatic heterocycles. The van der Waals surface area contributed by atoms with Crippen LogP contribution >= 0.6 is 0 Å². The molecule has 5 heteroatoms. The highest BCUT2D eigenvalue weighted by Gasteiger charge is 2.03. The minimum absolute atomic E-state index is 0.0195. The van der Waals surface area contributed by atoms with Crippen molar-refractivity contribution >= 4 is 5.91 Å². The summed E-state index contributed by atoms with van der Waals surface area (Å²) in [7, 11) is 1.64. The van der Waals surface area contributed by atoms with Gasteiger partial charge >= 0.3 is 0 Å². The number of amides is 1. The normalized spacial score (nSPS) is 10.2. The first-order chi connectivity index (χ1) is 12.2. The molecule has 134 valence electrons. The topological polar surface area (TPSA) is 56.8 Å². The third-order valence-electron chi connectivity index (χ3n) is 3.63. The summed E-state index contributed by atoms with van der Waals surface area (Å²) in [5.74, 6) is 2.42. The van der Waals surface area contributed by atoms with Crippen molar-refractivity contribution in [3.05, 3.63) is 54.1 Å². The lowest BCUT2D eigenvalue weighted by Gasteiger charge is -2.09. The number of carbonyl (C=O) groups excluding carboxylic acids is 1. The molecule has 0 unspecified atom stereocenters. The number of carbonyl (C=O) groups is 1. The Morgan fingerprint density at radius 1 is 0.920 bits per heavy atom. The number of hydrogen-bond donors (Lipinski definition) is 1. The predicted molar refractivity (Wildman–Crippen MR) is 97.4 cm³/mol. The third kappa shape index (κ3) is 6.75. The second kappa shape index (κ2) is 10.2. The molecule has 2 rings (SSSR count). The molecule has 2 aromatic rings. The quantitative estimate of drug-likeness (QED) is 0.673. The standard InChI is InChI=1S/C20H25NO4/c1-3-24-18-9-11-19(12-10-18)25-15-14-21-20(22)13-6-16-4-7-17(23-2)8-5-16/h4-5,7-12H,3,6,13-15H2,1-2H3,(H,21,22). The van der Waals surface area contributed by atoms with Crippen LogP contribution in [-0.4, -0.2) is 32.8 Å². The first kappa shape index (κ1) is 18.6. The van der Waals surface area contributed by atoms with E-state index in [1.165, 1.54) is 0 Å². The maximum Gasteiger partial charge on any atom is 0.220 e. The lowest BCUT2D eigenvalue weighted by atomic mass is 10.1. The van der Waals surface area contributed by atoms with E-state index < -0.39 is 0 Å². The average Bonchev–Trinajstić information content (AvgIpc) is 2.65. The van der Waals surface area contributed by atoms with Gasteiger partial charge in [0.15, 0.2) is 0 Å². The Morgan fingerprint density at radius 3 is 2.12 bits per heavy atom. The lowest BCUT2D eigenvalue weighted by molar-refractivity contribution is -0.121. The molecule has 0 bridgehead atoms. The number of benzene rings is 2. The number of ether oxygens (including phenoxy) is 3. The molecule has 0 aromatic heterocycles. The molecule has 0 heterocycles. The highest BCUT2D eigenvalue weighted by molar-refractivity contribution is 5.76. The van der Waals surface area contributed by atoms with E-state index in [9.17, 15) is 4.79 Å². The summed E-state index contributed by atoms with van der Waals surface area (Å²) >= 11 is 0. The van der Waals surface area contributed by atoms with Crippen LogP contribution in [0, 0.1) is 0 Å². The highest BCUT2D eigenvalue weighted by Crippen LogP contribution is 2.17. The maximum atomic E-state index is 11.9. The van der Waals surface area contributed by atoms with E-state index in [2.05, 4.69) is 5.32 Å². The van der Waals surface area contributed by atoms with Gasteiger partial charge in [-0.2, -0.15) is 0 Å². The highest BCUT2D eigenvalue weighted by atomic mass is 16.5. The van der Waals surface area contributed by atoms with Gasteiger partial charge in [-0.05, 0) is 55.3 Å². The fourth-order valence-corrected chi connectivity index (χ4v) is 2.30. The number of nitrogens with one attached hydrogen (secondary N) is 1. The second-order valence-electron chi connectivity index (χ2n) is 5.45. The molecular weight excluding hydrogens is 318 g/mol. The van der Waals surface area contributed by atoms with Crippen molar-refractivity contribution in [3.8, 4) is 17.2 Å². The van der Waals surface area contributed by atoms with Gasteiger partial charge in [0.2, 0.25) is 5.91 Å². The molecule has 5 nitrogen and oxygen atoms in total. The molecule has 1 N–H and O–H groups in total. The molecule has 0 radical (unpaired) electrons. The van der Waals surface area contributed by atoms with E-state index in [1.54, 1.807) is 7.11 Å². The van der Waals surface area contributed by atoms with E-state index in [0.717, 1.165) is 22.8 Å². The molecular formula is C20H25NO4. The van der Waals surface area contributed by atoms with Crippen LogP contribution in [-0.2, 0) is 11.2 Å². The largest absolute Gasteiger partial charge is 0.497 e. The zero-order valence-corrected chi connectivity index (χ0v) is 14.8. The molecule has 0 aliphatic carbocycles. The summed E-state index contributed by atoms with van der Waals surface area (Å²) in [6.45, 7) is 3.50. The van der Waals surface area contributed by atoms with Crippen LogP contribution in [0.2, 0.25) is 0 Å². The van der Waals surface area contributed by atoms with Gasteiger partial charge < -0.3 is 19.5 Å². The smallest absolute Gasteiger partial charge is 0.220 e. The van der Waals surface area contributed by atoms with Gasteiger partial charge in [0, 0.05) is 6.42 Å². The molecule has 0 saturated heterocycles. The molecule has 0 fully saturated rings. The molecule has 25 heavy (non-hydrogen) atoms. The van der Waals surface area contributed by atoms with Crippen LogP contribution in [0.5, 0.6) is 17.2 Å². The van der Waals surface area contributed by atoms with E-state index >= 15 is 0 Å². The Balaban J connectivity index is 1.61. The number of rotatable bonds is 10. The predicted octanol–water partition coefficient (Wildman–Crippen LogP) is 3.22. The van der Waals surface area contributed by atoms with Crippen LogP contribution in [0.4, 0.5) is 0 Å². The van der Waals surface area contributed by atoms with Crippen molar-refractivity contribution in [3.63, 3.8) is 0 Å². The van der Waals surface area contributed by atoms with Crippen molar-refractivity contribution < 1.29 is 19.0 Å². The van der Waals surface area contributed by atoms with Gasteiger partial charge in [-0.1, -0.05) is 12.1 Å². The minimum atomic E-state index is 0.0195. The lowest BCUT2D eigenvalue weighted by Crippen LogP contribution is -2.28. The Bertz CT molecular complexity index is 638. The number of aryl methyl sites for hydroxylation is 1.